The first-order chi connectivity index (χ1) is 31.8. The van der Waals surface area contributed by atoms with Crippen molar-refractivity contribution in [2.24, 2.45) is 59.2 Å². The van der Waals surface area contributed by atoms with Gasteiger partial charge in [0.05, 0.1) is 0 Å². The Morgan fingerprint density at radius 1 is 0.234 bits per heavy atom. The van der Waals surface area contributed by atoms with E-state index in [1.54, 1.807) is 44.9 Å². The van der Waals surface area contributed by atoms with Crippen LogP contribution in [0.2, 0.25) is 0 Å². The Bertz CT molecular complexity index is 1490. The molecule has 0 aromatic rings. The third-order valence-corrected chi connectivity index (χ3v) is 24.5. The van der Waals surface area contributed by atoms with Gasteiger partial charge in [-0.1, -0.05) is 51.4 Å². The first kappa shape index (κ1) is 42.6. The Morgan fingerprint density at radius 2 is 0.594 bits per heavy atom. The Kier molecular flexibility index (Phi) is 11.9. The zero-order valence-corrected chi connectivity index (χ0v) is 40.7. The number of piperidine rings is 3. The SMILES string of the molecule is C1CCC2C(C1)C1CCCCC1N2C1CCC2C(C1)C1CNCCC1N2C1CCC(C2CC(N3C4CCCCC4C4CNCCC43)CC(N3C4CCCCC4C4CNCCC43)C2)CC1. The second kappa shape index (κ2) is 17.8. The third-order valence-electron chi connectivity index (χ3n) is 24.5. The van der Waals surface area contributed by atoms with E-state index in [1.807, 2.05) is 0 Å². The van der Waals surface area contributed by atoms with Crippen molar-refractivity contribution >= 4 is 0 Å². The summed E-state index contributed by atoms with van der Waals surface area (Å²) in [7, 11) is 0. The smallest absolute Gasteiger partial charge is 0.0157 e. The monoisotopic (exact) mass is 878 g/mol. The predicted octanol–water partition coefficient (Wildman–Crippen LogP) is 9.05. The third kappa shape index (κ3) is 7.05. The van der Waals surface area contributed by atoms with Crippen molar-refractivity contribution in [3.63, 3.8) is 0 Å². The maximum Gasteiger partial charge on any atom is 0.0157 e. The Hall–Kier alpha value is -0.280. The van der Waals surface area contributed by atoms with Crippen molar-refractivity contribution < 1.29 is 0 Å². The highest BCUT2D eigenvalue weighted by molar-refractivity contribution is 5.14. The molecule has 3 N–H and O–H groups in total. The van der Waals surface area contributed by atoms with Gasteiger partial charge in [-0.3, -0.25) is 19.6 Å². The van der Waals surface area contributed by atoms with Crippen molar-refractivity contribution in [2.45, 2.75) is 259 Å². The number of fused-ring (bicyclic) bond motifs is 12. The van der Waals surface area contributed by atoms with Crippen molar-refractivity contribution in [1.82, 2.24) is 35.6 Å². The van der Waals surface area contributed by atoms with Gasteiger partial charge in [-0.2, -0.15) is 0 Å². The molecule has 0 bridgehead atoms. The zero-order chi connectivity index (χ0) is 41.9. The summed E-state index contributed by atoms with van der Waals surface area (Å²) in [5.74, 6) is 9.70. The van der Waals surface area contributed by atoms with E-state index >= 15 is 0 Å². The molecule has 0 aromatic carbocycles. The molecule has 7 aliphatic heterocycles. The van der Waals surface area contributed by atoms with Crippen molar-refractivity contribution in [1.29, 1.82) is 0 Å². The summed E-state index contributed by atoms with van der Waals surface area (Å²) in [6, 6.07) is 10.6. The van der Waals surface area contributed by atoms with Crippen LogP contribution in [0.5, 0.6) is 0 Å². The van der Waals surface area contributed by atoms with E-state index in [1.165, 1.54) is 181 Å². The average molecular weight is 878 g/mol. The van der Waals surface area contributed by atoms with E-state index in [-0.39, 0.29) is 0 Å². The minimum atomic E-state index is 0.844. The van der Waals surface area contributed by atoms with Crippen LogP contribution >= 0.6 is 0 Å². The number of likely N-dealkylation sites (tertiary alicyclic amines) is 4. The van der Waals surface area contributed by atoms with Crippen LogP contribution in [0.25, 0.3) is 0 Å². The van der Waals surface area contributed by atoms with E-state index in [2.05, 4.69) is 35.6 Å². The lowest BCUT2D eigenvalue weighted by Gasteiger charge is -2.52. The molecule has 0 radical (unpaired) electrons. The lowest BCUT2D eigenvalue weighted by atomic mass is 9.68. The van der Waals surface area contributed by atoms with Crippen LogP contribution in [-0.2, 0) is 0 Å². The van der Waals surface area contributed by atoms with Gasteiger partial charge in [-0.15, -0.1) is 0 Å². The fraction of sp³-hybridized carbons (Fsp3) is 1.00. The second-order valence-corrected chi connectivity index (χ2v) is 26.6. The number of nitrogens with one attached hydrogen (secondary N) is 3. The quantitative estimate of drug-likeness (QED) is 0.255. The van der Waals surface area contributed by atoms with Gasteiger partial charge in [0.1, 0.15) is 0 Å². The molecule has 14 rings (SSSR count). The molecule has 7 heteroatoms. The number of nitrogens with zero attached hydrogens (tertiary/aromatic N) is 4. The lowest BCUT2D eigenvalue weighted by Crippen LogP contribution is -2.58. The molecule has 7 aliphatic carbocycles. The highest BCUT2D eigenvalue weighted by Crippen LogP contribution is 2.57. The van der Waals surface area contributed by atoms with Gasteiger partial charge in [0.25, 0.3) is 0 Å². The maximum atomic E-state index is 4.01. The van der Waals surface area contributed by atoms with Crippen LogP contribution in [0.3, 0.4) is 0 Å². The predicted molar refractivity (Wildman–Crippen MR) is 260 cm³/mol. The lowest BCUT2D eigenvalue weighted by molar-refractivity contribution is -0.0261. The van der Waals surface area contributed by atoms with Gasteiger partial charge in [0.2, 0.25) is 0 Å². The van der Waals surface area contributed by atoms with Gasteiger partial charge in [0.15, 0.2) is 0 Å². The van der Waals surface area contributed by atoms with Crippen LogP contribution in [0, 0.1) is 59.2 Å². The molecule has 0 aromatic heterocycles. The molecular formula is C57H95N7. The zero-order valence-electron chi connectivity index (χ0n) is 40.7. The summed E-state index contributed by atoms with van der Waals surface area (Å²) in [6.07, 6.45) is 44.0. The van der Waals surface area contributed by atoms with Gasteiger partial charge in [-0.25, -0.2) is 0 Å². The highest BCUT2D eigenvalue weighted by atomic mass is 15.3. The molecule has 7 saturated carbocycles. The fourth-order valence-corrected chi connectivity index (χ4v) is 22.5. The summed E-state index contributed by atoms with van der Waals surface area (Å²) in [6.45, 7) is 7.76. The van der Waals surface area contributed by atoms with Crippen molar-refractivity contribution in [2.75, 3.05) is 39.3 Å². The average Bonchev–Trinajstić information content (AvgIpc) is 4.09. The van der Waals surface area contributed by atoms with E-state index < -0.39 is 0 Å². The van der Waals surface area contributed by atoms with E-state index in [9.17, 15) is 0 Å². The van der Waals surface area contributed by atoms with Crippen LogP contribution in [0.15, 0.2) is 0 Å². The van der Waals surface area contributed by atoms with Crippen molar-refractivity contribution in [3.05, 3.63) is 0 Å². The highest BCUT2D eigenvalue weighted by Gasteiger charge is 2.60. The molecule has 358 valence electrons. The Labute approximate surface area is 391 Å². The van der Waals surface area contributed by atoms with Gasteiger partial charge < -0.3 is 16.0 Å². The largest absolute Gasteiger partial charge is 0.316 e. The van der Waals surface area contributed by atoms with Crippen LogP contribution in [0.4, 0.5) is 0 Å². The Morgan fingerprint density at radius 3 is 1.08 bits per heavy atom. The number of hydrogen-bond acceptors (Lipinski definition) is 7. The molecule has 14 fully saturated rings. The molecule has 19 unspecified atom stereocenters. The Balaban J connectivity index is 0.709. The summed E-state index contributed by atoms with van der Waals surface area (Å²) >= 11 is 0. The topological polar surface area (TPSA) is 49.1 Å². The van der Waals surface area contributed by atoms with Gasteiger partial charge in [-0.05, 0) is 233 Å². The fourth-order valence-electron chi connectivity index (χ4n) is 22.5. The summed E-state index contributed by atoms with van der Waals surface area (Å²) in [4.78, 5) is 13.4. The van der Waals surface area contributed by atoms with Crippen LogP contribution in [-0.4, -0.2) is 131 Å². The first-order valence-corrected chi connectivity index (χ1v) is 30.0. The van der Waals surface area contributed by atoms with Crippen LogP contribution in [0.1, 0.15) is 186 Å². The van der Waals surface area contributed by atoms with Crippen molar-refractivity contribution in [3.8, 4) is 0 Å². The van der Waals surface area contributed by atoms with Crippen LogP contribution < -0.4 is 16.0 Å². The molecule has 64 heavy (non-hydrogen) atoms. The number of hydrogen-bond donors (Lipinski definition) is 3. The molecule has 7 saturated heterocycles. The minimum Gasteiger partial charge on any atom is -0.316 e. The number of rotatable bonds is 5. The maximum absolute atomic E-state index is 4.01. The molecule has 14 aliphatic rings. The molecular weight excluding hydrogens is 783 g/mol. The molecule has 0 amide bonds. The molecule has 0 spiro atoms. The molecule has 19 atom stereocenters. The van der Waals surface area contributed by atoms with E-state index in [0.717, 1.165) is 132 Å². The van der Waals surface area contributed by atoms with E-state index in [4.69, 9.17) is 0 Å². The molecule has 7 heterocycles. The first-order valence-electron chi connectivity index (χ1n) is 30.0. The van der Waals surface area contributed by atoms with Gasteiger partial charge >= 0.3 is 0 Å². The minimum absolute atomic E-state index is 0.844. The summed E-state index contributed by atoms with van der Waals surface area (Å²) in [5, 5.41) is 11.9. The standard InChI is InChI=1S/C57H95N7/c1-5-13-50-42(9-1)43-10-2-6-14-51(43)62(50)39-21-22-54-46(32-39)49-35-60-28-25-57(49)61(54)38-19-17-36(18-20-38)37-29-40(63-52-15-7-3-11-44(52)47-33-58-26-23-55(47)63)31-41(30-37)64-53-16-8-4-12-45(53)48-34-59-27-24-56(48)64/h36-60H,1-35H2. The normalized spacial score (nSPS) is 54.8. The molecule has 7 nitrogen and oxygen atoms in total. The summed E-state index contributed by atoms with van der Waals surface area (Å²) < 4.78 is 0. The van der Waals surface area contributed by atoms with E-state index in [0.29, 0.717) is 0 Å². The summed E-state index contributed by atoms with van der Waals surface area (Å²) in [5.41, 5.74) is 0. The van der Waals surface area contributed by atoms with Gasteiger partial charge in [0, 0.05) is 72.5 Å². The second-order valence-electron chi connectivity index (χ2n) is 26.6.